The highest BCUT2D eigenvalue weighted by Gasteiger charge is 2.07. The van der Waals surface area contributed by atoms with Crippen molar-refractivity contribution in [2.24, 2.45) is 0 Å². The van der Waals surface area contributed by atoms with Crippen LogP contribution in [0, 0.1) is 0 Å². The molecule has 0 N–H and O–H groups in total. The molecule has 0 fully saturated rings. The van der Waals surface area contributed by atoms with Gasteiger partial charge in [-0.05, 0) is 40.5 Å². The highest BCUT2D eigenvalue weighted by Crippen LogP contribution is 2.27. The Morgan fingerprint density at radius 2 is 1.09 bits per heavy atom. The van der Waals surface area contributed by atoms with Crippen molar-refractivity contribution in [2.45, 2.75) is 4.90 Å². The molecule has 22 heavy (non-hydrogen) atoms. The zero-order valence-electron chi connectivity index (χ0n) is 12.2. The van der Waals surface area contributed by atoms with E-state index in [-0.39, 0.29) is 0 Å². The number of hydrogen-bond donors (Lipinski definition) is 0. The Hall–Kier alpha value is -2.39. The topological polar surface area (TPSA) is 34.1 Å². The van der Waals surface area contributed by atoms with Gasteiger partial charge in [0, 0.05) is 6.26 Å². The average molecular weight is 308 g/mol. The Morgan fingerprint density at radius 1 is 0.591 bits per heavy atom. The van der Waals surface area contributed by atoms with Crippen LogP contribution < -0.4 is 0 Å². The predicted octanol–water partition coefficient (Wildman–Crippen LogP) is 4.42. The van der Waals surface area contributed by atoms with E-state index in [1.807, 2.05) is 42.5 Å². The molecule has 0 aliphatic heterocycles. The van der Waals surface area contributed by atoms with Gasteiger partial charge in [0.25, 0.3) is 0 Å². The molecule has 3 heteroatoms. The van der Waals surface area contributed by atoms with Gasteiger partial charge in [-0.2, -0.15) is 0 Å². The normalized spacial score (nSPS) is 11.3. The lowest BCUT2D eigenvalue weighted by Gasteiger charge is -2.07. The molecule has 0 amide bonds. The lowest BCUT2D eigenvalue weighted by molar-refractivity contribution is 0.602. The zero-order valence-corrected chi connectivity index (χ0v) is 13.0. The molecule has 0 saturated heterocycles. The van der Waals surface area contributed by atoms with E-state index in [0.29, 0.717) is 4.90 Å². The average Bonchev–Trinajstić information content (AvgIpc) is 2.55. The Bertz CT molecular complexity index is 880. The van der Waals surface area contributed by atoms with Gasteiger partial charge in [0.1, 0.15) is 0 Å². The summed E-state index contributed by atoms with van der Waals surface area (Å²) in [5.74, 6) is 0. The maximum Gasteiger partial charge on any atom is 0.175 e. The minimum absolute atomic E-state index is 0.343. The van der Waals surface area contributed by atoms with Crippen LogP contribution in [0.5, 0.6) is 0 Å². The first-order valence-corrected chi connectivity index (χ1v) is 8.89. The van der Waals surface area contributed by atoms with E-state index in [4.69, 9.17) is 0 Å². The van der Waals surface area contributed by atoms with Crippen molar-refractivity contribution in [2.75, 3.05) is 6.26 Å². The third-order valence-corrected chi connectivity index (χ3v) is 4.71. The number of sulfone groups is 1. The second kappa shape index (κ2) is 5.78. The standard InChI is InChI=1S/C19H16O2S/c1-22(20,21)19-12-10-16(11-13-19)18-9-5-8-17(14-18)15-6-3-2-4-7-15/h2-14H,1H3. The highest BCUT2D eigenvalue weighted by atomic mass is 32.2. The van der Waals surface area contributed by atoms with Gasteiger partial charge in [-0.25, -0.2) is 8.42 Å². The van der Waals surface area contributed by atoms with Gasteiger partial charge >= 0.3 is 0 Å². The van der Waals surface area contributed by atoms with Crippen LogP contribution in [0.2, 0.25) is 0 Å². The molecular formula is C19H16O2S. The van der Waals surface area contributed by atoms with Gasteiger partial charge in [-0.15, -0.1) is 0 Å². The van der Waals surface area contributed by atoms with Crippen molar-refractivity contribution in [3.63, 3.8) is 0 Å². The minimum atomic E-state index is -3.15. The third-order valence-electron chi connectivity index (χ3n) is 3.59. The second-order valence-corrected chi connectivity index (χ2v) is 7.26. The van der Waals surface area contributed by atoms with Gasteiger partial charge in [-0.3, -0.25) is 0 Å². The van der Waals surface area contributed by atoms with Crippen molar-refractivity contribution in [3.05, 3.63) is 78.9 Å². The molecule has 3 aromatic carbocycles. The molecule has 110 valence electrons. The first-order valence-electron chi connectivity index (χ1n) is 7.00. The van der Waals surface area contributed by atoms with Gasteiger partial charge in [0.2, 0.25) is 0 Å². The maximum absolute atomic E-state index is 11.5. The molecule has 0 aliphatic rings. The summed E-state index contributed by atoms with van der Waals surface area (Å²) < 4.78 is 23.0. The van der Waals surface area contributed by atoms with E-state index in [0.717, 1.165) is 22.3 Å². The summed E-state index contributed by atoms with van der Waals surface area (Å²) >= 11 is 0. The summed E-state index contributed by atoms with van der Waals surface area (Å²) in [6, 6.07) is 25.4. The van der Waals surface area contributed by atoms with Gasteiger partial charge in [0.05, 0.1) is 4.90 Å². The molecule has 0 radical (unpaired) electrons. The molecule has 3 rings (SSSR count). The first kappa shape index (κ1) is 14.5. The fourth-order valence-electron chi connectivity index (χ4n) is 2.40. The summed E-state index contributed by atoms with van der Waals surface area (Å²) in [6.07, 6.45) is 1.22. The fraction of sp³-hybridized carbons (Fsp3) is 0.0526. The number of hydrogen-bond acceptors (Lipinski definition) is 2. The monoisotopic (exact) mass is 308 g/mol. The van der Waals surface area contributed by atoms with E-state index in [9.17, 15) is 8.42 Å². The molecule has 0 bridgehead atoms. The van der Waals surface area contributed by atoms with Crippen LogP contribution in [0.3, 0.4) is 0 Å². The van der Waals surface area contributed by atoms with Gasteiger partial charge in [0.15, 0.2) is 9.84 Å². The number of rotatable bonds is 3. The Balaban J connectivity index is 1.99. The van der Waals surface area contributed by atoms with Crippen LogP contribution in [0.4, 0.5) is 0 Å². The number of benzene rings is 3. The SMILES string of the molecule is CS(=O)(=O)c1ccc(-c2cccc(-c3ccccc3)c2)cc1. The molecular weight excluding hydrogens is 292 g/mol. The van der Waals surface area contributed by atoms with Crippen molar-refractivity contribution >= 4 is 9.84 Å². The molecule has 0 heterocycles. The zero-order chi connectivity index (χ0) is 15.6. The van der Waals surface area contributed by atoms with Crippen LogP contribution >= 0.6 is 0 Å². The predicted molar refractivity (Wildman–Crippen MR) is 90.4 cm³/mol. The van der Waals surface area contributed by atoms with E-state index < -0.39 is 9.84 Å². The molecule has 3 aromatic rings. The van der Waals surface area contributed by atoms with Crippen LogP contribution in [0.1, 0.15) is 0 Å². The van der Waals surface area contributed by atoms with E-state index in [1.54, 1.807) is 12.1 Å². The summed E-state index contributed by atoms with van der Waals surface area (Å²) in [7, 11) is -3.15. The summed E-state index contributed by atoms with van der Waals surface area (Å²) in [6.45, 7) is 0. The second-order valence-electron chi connectivity index (χ2n) is 5.24. The summed E-state index contributed by atoms with van der Waals surface area (Å²) in [5, 5.41) is 0. The molecule has 0 atom stereocenters. The lowest BCUT2D eigenvalue weighted by atomic mass is 9.99. The smallest absolute Gasteiger partial charge is 0.175 e. The first-order chi connectivity index (χ1) is 10.5. The molecule has 0 unspecified atom stereocenters. The maximum atomic E-state index is 11.5. The lowest BCUT2D eigenvalue weighted by Crippen LogP contribution is -1.96. The van der Waals surface area contributed by atoms with Crippen molar-refractivity contribution in [1.29, 1.82) is 0 Å². The Labute approximate surface area is 131 Å². The van der Waals surface area contributed by atoms with Gasteiger partial charge < -0.3 is 0 Å². The highest BCUT2D eigenvalue weighted by molar-refractivity contribution is 7.90. The molecule has 0 spiro atoms. The van der Waals surface area contributed by atoms with Crippen molar-refractivity contribution in [3.8, 4) is 22.3 Å². The largest absolute Gasteiger partial charge is 0.224 e. The summed E-state index contributed by atoms with van der Waals surface area (Å²) in [4.78, 5) is 0.343. The van der Waals surface area contributed by atoms with Gasteiger partial charge in [-0.1, -0.05) is 60.7 Å². The quantitative estimate of drug-likeness (QED) is 0.717. The molecule has 2 nitrogen and oxygen atoms in total. The van der Waals surface area contributed by atoms with Crippen LogP contribution in [0.25, 0.3) is 22.3 Å². The van der Waals surface area contributed by atoms with Crippen LogP contribution in [0.15, 0.2) is 83.8 Å². The van der Waals surface area contributed by atoms with Crippen molar-refractivity contribution in [1.82, 2.24) is 0 Å². The van der Waals surface area contributed by atoms with Crippen LogP contribution in [-0.2, 0) is 9.84 Å². The fourth-order valence-corrected chi connectivity index (χ4v) is 3.03. The summed E-state index contributed by atoms with van der Waals surface area (Å²) in [5.41, 5.74) is 4.38. The van der Waals surface area contributed by atoms with Crippen molar-refractivity contribution < 1.29 is 8.42 Å². The third kappa shape index (κ3) is 3.10. The Kier molecular flexibility index (Phi) is 3.82. The Morgan fingerprint density at radius 3 is 1.64 bits per heavy atom. The molecule has 0 saturated carbocycles. The van der Waals surface area contributed by atoms with E-state index in [1.165, 1.54) is 6.26 Å². The minimum Gasteiger partial charge on any atom is -0.224 e. The molecule has 0 aromatic heterocycles. The molecule has 0 aliphatic carbocycles. The van der Waals surface area contributed by atoms with E-state index >= 15 is 0 Å². The van der Waals surface area contributed by atoms with E-state index in [2.05, 4.69) is 24.3 Å². The van der Waals surface area contributed by atoms with Crippen LogP contribution in [-0.4, -0.2) is 14.7 Å².